The molecule has 1 aromatic heterocycles. The van der Waals surface area contributed by atoms with Crippen molar-refractivity contribution in [1.29, 1.82) is 0 Å². The number of amides is 1. The molecule has 3 rings (SSSR count). The van der Waals surface area contributed by atoms with Crippen LogP contribution in [0.15, 0.2) is 58.1 Å². The molecular formula is C20H26N3O5S+. The third-order valence-electron chi connectivity index (χ3n) is 4.57. The molecule has 0 saturated carbocycles. The predicted molar refractivity (Wildman–Crippen MR) is 109 cm³/mol. The monoisotopic (exact) mass is 420 g/mol. The number of hydrogen-bond donors (Lipinski definition) is 3. The maximum Gasteiger partial charge on any atom is 0.248 e. The molecule has 1 aliphatic rings. The summed E-state index contributed by atoms with van der Waals surface area (Å²) in [7, 11) is -3.57. The second-order valence-electron chi connectivity index (χ2n) is 6.73. The average Bonchev–Trinajstić information content (AvgIpc) is 3.25. The molecule has 1 amide bonds. The van der Waals surface area contributed by atoms with Crippen molar-refractivity contribution in [1.82, 2.24) is 4.72 Å². The molecule has 0 bridgehead atoms. The smallest absolute Gasteiger partial charge is 0.248 e. The van der Waals surface area contributed by atoms with Crippen molar-refractivity contribution in [2.75, 3.05) is 44.7 Å². The summed E-state index contributed by atoms with van der Waals surface area (Å²) < 4.78 is 37.9. The minimum atomic E-state index is -3.57. The van der Waals surface area contributed by atoms with Gasteiger partial charge in [0.05, 0.1) is 30.9 Å². The number of carbonyl (C=O) groups is 1. The number of hydrogen-bond acceptors (Lipinski definition) is 5. The van der Waals surface area contributed by atoms with Crippen LogP contribution in [0.5, 0.6) is 0 Å². The highest BCUT2D eigenvalue weighted by Gasteiger charge is 2.16. The van der Waals surface area contributed by atoms with E-state index in [0.717, 1.165) is 39.3 Å². The number of furan rings is 1. The van der Waals surface area contributed by atoms with Crippen LogP contribution in [-0.2, 0) is 19.6 Å². The van der Waals surface area contributed by atoms with Crippen LogP contribution in [0.25, 0.3) is 6.08 Å². The van der Waals surface area contributed by atoms with E-state index in [0.29, 0.717) is 18.0 Å². The zero-order chi connectivity index (χ0) is 20.5. The standard InChI is InChI=1S/C20H25N3O5S/c24-20(9-6-18-3-1-14-28-18)22-17-4-7-19(8-5-17)29(25,26)21-10-2-11-23-12-15-27-16-13-23/h1,3-9,14,21H,2,10-13,15-16H2,(H,22,24)/p+1/b9-6+. The Morgan fingerprint density at radius 1 is 1.14 bits per heavy atom. The third kappa shape index (κ3) is 6.82. The summed E-state index contributed by atoms with van der Waals surface area (Å²) in [5.74, 6) is 0.239. The summed E-state index contributed by atoms with van der Waals surface area (Å²) in [4.78, 5) is 13.5. The molecule has 2 heterocycles. The molecule has 2 aromatic rings. The lowest BCUT2D eigenvalue weighted by Crippen LogP contribution is -3.14. The van der Waals surface area contributed by atoms with Gasteiger partial charge in [0.15, 0.2) is 0 Å². The van der Waals surface area contributed by atoms with Gasteiger partial charge in [-0.15, -0.1) is 0 Å². The van der Waals surface area contributed by atoms with Crippen LogP contribution in [0.2, 0.25) is 0 Å². The molecule has 1 aromatic carbocycles. The number of carbonyl (C=O) groups excluding carboxylic acids is 1. The van der Waals surface area contributed by atoms with E-state index < -0.39 is 10.0 Å². The van der Waals surface area contributed by atoms with E-state index in [-0.39, 0.29) is 10.8 Å². The SMILES string of the molecule is O=C(/C=C/c1ccco1)Nc1ccc(S(=O)(=O)NCCC[NH+]2CCOCC2)cc1. The minimum absolute atomic E-state index is 0.167. The fourth-order valence-electron chi connectivity index (χ4n) is 2.98. The Morgan fingerprint density at radius 2 is 1.90 bits per heavy atom. The quantitative estimate of drug-likeness (QED) is 0.405. The Balaban J connectivity index is 1.45. The molecule has 29 heavy (non-hydrogen) atoms. The van der Waals surface area contributed by atoms with Crippen LogP contribution in [0.4, 0.5) is 5.69 Å². The highest BCUT2D eigenvalue weighted by molar-refractivity contribution is 7.89. The maximum atomic E-state index is 12.4. The van der Waals surface area contributed by atoms with Gasteiger partial charge in [-0.05, 0) is 42.5 Å². The van der Waals surface area contributed by atoms with Gasteiger partial charge in [0.2, 0.25) is 15.9 Å². The van der Waals surface area contributed by atoms with Gasteiger partial charge in [0.1, 0.15) is 18.8 Å². The molecule has 0 radical (unpaired) electrons. The van der Waals surface area contributed by atoms with E-state index in [2.05, 4.69) is 10.0 Å². The fraction of sp³-hybridized carbons (Fsp3) is 0.350. The number of nitrogens with one attached hydrogen (secondary N) is 3. The number of quaternary nitrogens is 1. The molecule has 9 heteroatoms. The lowest BCUT2D eigenvalue weighted by molar-refractivity contribution is -0.908. The van der Waals surface area contributed by atoms with E-state index in [1.54, 1.807) is 30.3 Å². The van der Waals surface area contributed by atoms with Gasteiger partial charge in [-0.25, -0.2) is 13.1 Å². The Hall–Kier alpha value is -2.46. The van der Waals surface area contributed by atoms with Crippen LogP contribution < -0.4 is 14.9 Å². The lowest BCUT2D eigenvalue weighted by Gasteiger charge is -2.23. The summed E-state index contributed by atoms with van der Waals surface area (Å²) >= 11 is 0. The number of rotatable bonds is 9. The van der Waals surface area contributed by atoms with Crippen LogP contribution in [0, 0.1) is 0 Å². The van der Waals surface area contributed by atoms with Gasteiger partial charge >= 0.3 is 0 Å². The van der Waals surface area contributed by atoms with Gasteiger partial charge in [0, 0.05) is 24.7 Å². The van der Waals surface area contributed by atoms with Crippen LogP contribution >= 0.6 is 0 Å². The van der Waals surface area contributed by atoms with Crippen molar-refractivity contribution in [3.05, 3.63) is 54.5 Å². The second-order valence-corrected chi connectivity index (χ2v) is 8.49. The molecule has 1 saturated heterocycles. The van der Waals surface area contributed by atoms with E-state index in [4.69, 9.17) is 9.15 Å². The molecule has 0 atom stereocenters. The van der Waals surface area contributed by atoms with Gasteiger partial charge in [-0.2, -0.15) is 0 Å². The van der Waals surface area contributed by atoms with Crippen molar-refractivity contribution >= 4 is 27.7 Å². The highest BCUT2D eigenvalue weighted by atomic mass is 32.2. The zero-order valence-electron chi connectivity index (χ0n) is 16.1. The first-order valence-electron chi connectivity index (χ1n) is 9.56. The van der Waals surface area contributed by atoms with Crippen molar-refractivity contribution < 1.29 is 27.3 Å². The van der Waals surface area contributed by atoms with Gasteiger partial charge in [0.25, 0.3) is 0 Å². The summed E-state index contributed by atoms with van der Waals surface area (Å²) in [6.07, 6.45) is 5.19. The number of ether oxygens (including phenoxy) is 1. The molecule has 0 unspecified atom stereocenters. The number of morpholine rings is 1. The Morgan fingerprint density at radius 3 is 2.59 bits per heavy atom. The second kappa shape index (κ2) is 10.4. The number of anilines is 1. The molecule has 3 N–H and O–H groups in total. The summed E-state index contributed by atoms with van der Waals surface area (Å²) in [5.41, 5.74) is 0.508. The molecule has 1 fully saturated rings. The van der Waals surface area contributed by atoms with E-state index in [1.807, 2.05) is 0 Å². The number of sulfonamides is 1. The Kier molecular flexibility index (Phi) is 7.59. The van der Waals surface area contributed by atoms with Crippen molar-refractivity contribution in [3.63, 3.8) is 0 Å². The van der Waals surface area contributed by atoms with Crippen LogP contribution in [-0.4, -0.2) is 53.7 Å². The maximum absolute atomic E-state index is 12.4. The molecule has 1 aliphatic heterocycles. The van der Waals surface area contributed by atoms with E-state index >= 15 is 0 Å². The minimum Gasteiger partial charge on any atom is -0.465 e. The van der Waals surface area contributed by atoms with E-state index in [9.17, 15) is 13.2 Å². The summed E-state index contributed by atoms with van der Waals surface area (Å²) in [6.45, 7) is 4.78. The Labute approximate surface area is 170 Å². The lowest BCUT2D eigenvalue weighted by atomic mass is 10.3. The zero-order valence-corrected chi connectivity index (χ0v) is 16.9. The first-order valence-corrected chi connectivity index (χ1v) is 11.0. The normalized spacial score (nSPS) is 15.6. The first-order chi connectivity index (χ1) is 14.0. The third-order valence-corrected chi connectivity index (χ3v) is 6.05. The molecule has 0 spiro atoms. The van der Waals surface area contributed by atoms with E-state index in [1.165, 1.54) is 29.4 Å². The largest absolute Gasteiger partial charge is 0.465 e. The van der Waals surface area contributed by atoms with Crippen molar-refractivity contribution in [3.8, 4) is 0 Å². The summed E-state index contributed by atoms with van der Waals surface area (Å²) in [6, 6.07) is 9.53. The van der Waals surface area contributed by atoms with Crippen LogP contribution in [0.1, 0.15) is 12.2 Å². The molecular weight excluding hydrogens is 394 g/mol. The highest BCUT2D eigenvalue weighted by Crippen LogP contribution is 2.14. The van der Waals surface area contributed by atoms with Gasteiger partial charge < -0.3 is 19.4 Å². The van der Waals surface area contributed by atoms with Gasteiger partial charge in [-0.3, -0.25) is 4.79 Å². The molecule has 0 aliphatic carbocycles. The summed E-state index contributed by atoms with van der Waals surface area (Å²) in [5, 5.41) is 2.68. The predicted octanol–water partition coefficient (Wildman–Crippen LogP) is 0.515. The van der Waals surface area contributed by atoms with Crippen LogP contribution in [0.3, 0.4) is 0 Å². The Bertz CT molecular complexity index is 902. The fourth-order valence-corrected chi connectivity index (χ4v) is 4.06. The van der Waals surface area contributed by atoms with Crippen molar-refractivity contribution in [2.24, 2.45) is 0 Å². The molecule has 8 nitrogen and oxygen atoms in total. The first kappa shape index (κ1) is 21.3. The van der Waals surface area contributed by atoms with Gasteiger partial charge in [-0.1, -0.05) is 0 Å². The molecule has 156 valence electrons. The average molecular weight is 421 g/mol. The topological polar surface area (TPSA) is 102 Å². The number of benzene rings is 1. The van der Waals surface area contributed by atoms with Crippen molar-refractivity contribution in [2.45, 2.75) is 11.3 Å².